The Bertz CT molecular complexity index is 511. The molecule has 0 saturated carbocycles. The number of aliphatic hydroxyl groups excluding tert-OH is 1. The van der Waals surface area contributed by atoms with E-state index in [-0.39, 0.29) is 0 Å². The van der Waals surface area contributed by atoms with Gasteiger partial charge in [0.15, 0.2) is 11.9 Å². The summed E-state index contributed by atoms with van der Waals surface area (Å²) in [7, 11) is 0. The third kappa shape index (κ3) is 2.46. The van der Waals surface area contributed by atoms with Crippen molar-refractivity contribution in [1.82, 2.24) is 9.97 Å². The quantitative estimate of drug-likeness (QED) is 0.829. The molecular formula is C12H10N2O3. The molecule has 86 valence electrons. The predicted molar refractivity (Wildman–Crippen MR) is 60.1 cm³/mol. The second-order valence-corrected chi connectivity index (χ2v) is 3.44. The first kappa shape index (κ1) is 11.2. The van der Waals surface area contributed by atoms with Crippen LogP contribution in [0.2, 0.25) is 0 Å². The predicted octanol–water partition coefficient (Wildman–Crippen LogP) is 1.26. The molecule has 2 N–H and O–H groups in total. The summed E-state index contributed by atoms with van der Waals surface area (Å²) >= 11 is 0. The lowest BCUT2D eigenvalue weighted by molar-refractivity contribution is -0.146. The standard InChI is InChI=1S/C12H10N2O3/c15-10(12(16)17)8-2-4-9(5-3-8)11-13-6-1-7-14-11/h1-7,10,15H,(H,16,17). The number of aromatic nitrogens is 2. The van der Waals surface area contributed by atoms with Gasteiger partial charge in [0.2, 0.25) is 0 Å². The maximum absolute atomic E-state index is 10.6. The van der Waals surface area contributed by atoms with Crippen molar-refractivity contribution in [2.45, 2.75) is 6.10 Å². The molecule has 2 aromatic rings. The van der Waals surface area contributed by atoms with E-state index in [1.807, 2.05) is 0 Å². The molecule has 5 nitrogen and oxygen atoms in total. The van der Waals surface area contributed by atoms with E-state index in [4.69, 9.17) is 5.11 Å². The fourth-order valence-corrected chi connectivity index (χ4v) is 1.41. The van der Waals surface area contributed by atoms with E-state index in [1.165, 1.54) is 0 Å². The third-order valence-corrected chi connectivity index (χ3v) is 2.28. The molecule has 0 spiro atoms. The molecular weight excluding hydrogens is 220 g/mol. The van der Waals surface area contributed by atoms with Gasteiger partial charge in [-0.15, -0.1) is 0 Å². The van der Waals surface area contributed by atoms with E-state index in [0.717, 1.165) is 5.56 Å². The molecule has 1 unspecified atom stereocenters. The molecule has 0 saturated heterocycles. The zero-order valence-corrected chi connectivity index (χ0v) is 8.82. The Labute approximate surface area is 97.4 Å². The van der Waals surface area contributed by atoms with Crippen molar-refractivity contribution in [2.75, 3.05) is 0 Å². The summed E-state index contributed by atoms with van der Waals surface area (Å²) in [5.41, 5.74) is 1.10. The van der Waals surface area contributed by atoms with E-state index < -0.39 is 12.1 Å². The molecule has 2 rings (SSSR count). The molecule has 0 amide bonds. The van der Waals surface area contributed by atoms with Crippen molar-refractivity contribution in [3.63, 3.8) is 0 Å². The van der Waals surface area contributed by atoms with E-state index >= 15 is 0 Å². The van der Waals surface area contributed by atoms with Crippen LogP contribution in [0.25, 0.3) is 11.4 Å². The van der Waals surface area contributed by atoms with Crippen molar-refractivity contribution in [2.24, 2.45) is 0 Å². The van der Waals surface area contributed by atoms with Gasteiger partial charge < -0.3 is 10.2 Å². The van der Waals surface area contributed by atoms with Crippen LogP contribution in [0.15, 0.2) is 42.7 Å². The molecule has 0 aliphatic rings. The Morgan fingerprint density at radius 3 is 2.24 bits per heavy atom. The lowest BCUT2D eigenvalue weighted by atomic mass is 10.1. The average molecular weight is 230 g/mol. The number of carboxylic acid groups (broad SMARTS) is 1. The van der Waals surface area contributed by atoms with Crippen molar-refractivity contribution >= 4 is 5.97 Å². The van der Waals surface area contributed by atoms with Gasteiger partial charge in [0, 0.05) is 18.0 Å². The van der Waals surface area contributed by atoms with E-state index in [1.54, 1.807) is 42.7 Å². The van der Waals surface area contributed by atoms with Crippen molar-refractivity contribution in [3.8, 4) is 11.4 Å². The summed E-state index contributed by atoms with van der Waals surface area (Å²) in [5.74, 6) is -0.711. The van der Waals surface area contributed by atoms with Gasteiger partial charge in [0.05, 0.1) is 0 Å². The summed E-state index contributed by atoms with van der Waals surface area (Å²) in [6.07, 6.45) is 1.76. The Hall–Kier alpha value is -2.27. The van der Waals surface area contributed by atoms with Crippen LogP contribution < -0.4 is 0 Å². The van der Waals surface area contributed by atoms with Gasteiger partial charge in [0.1, 0.15) is 0 Å². The first-order valence-corrected chi connectivity index (χ1v) is 4.96. The minimum Gasteiger partial charge on any atom is -0.479 e. The average Bonchev–Trinajstić information content (AvgIpc) is 2.39. The van der Waals surface area contributed by atoms with Crippen LogP contribution in [0.5, 0.6) is 0 Å². The number of aliphatic hydroxyl groups is 1. The van der Waals surface area contributed by atoms with Crippen LogP contribution in [0.4, 0.5) is 0 Å². The van der Waals surface area contributed by atoms with Gasteiger partial charge in [-0.25, -0.2) is 14.8 Å². The molecule has 0 aliphatic heterocycles. The molecule has 17 heavy (non-hydrogen) atoms. The summed E-state index contributed by atoms with van der Waals surface area (Å²) < 4.78 is 0. The fourth-order valence-electron chi connectivity index (χ4n) is 1.41. The monoisotopic (exact) mass is 230 g/mol. The minimum atomic E-state index is -1.50. The zero-order valence-electron chi connectivity index (χ0n) is 8.82. The Kier molecular flexibility index (Phi) is 3.11. The maximum atomic E-state index is 10.6. The van der Waals surface area contributed by atoms with E-state index in [2.05, 4.69) is 9.97 Å². The highest BCUT2D eigenvalue weighted by Gasteiger charge is 2.15. The molecule has 0 bridgehead atoms. The van der Waals surface area contributed by atoms with Crippen LogP contribution in [0, 0.1) is 0 Å². The summed E-state index contributed by atoms with van der Waals surface area (Å²) in [4.78, 5) is 18.7. The number of benzene rings is 1. The maximum Gasteiger partial charge on any atom is 0.337 e. The van der Waals surface area contributed by atoms with Crippen LogP contribution in [0.3, 0.4) is 0 Å². The summed E-state index contributed by atoms with van der Waals surface area (Å²) in [5, 5.41) is 18.0. The second-order valence-electron chi connectivity index (χ2n) is 3.44. The summed E-state index contributed by atoms with van der Waals surface area (Å²) in [6.45, 7) is 0. The number of rotatable bonds is 3. The lowest BCUT2D eigenvalue weighted by Gasteiger charge is -2.06. The number of nitrogens with zero attached hydrogens (tertiary/aromatic N) is 2. The number of carbonyl (C=O) groups is 1. The second kappa shape index (κ2) is 4.71. The van der Waals surface area contributed by atoms with Gasteiger partial charge in [-0.3, -0.25) is 0 Å². The Morgan fingerprint density at radius 2 is 1.71 bits per heavy atom. The van der Waals surface area contributed by atoms with Crippen LogP contribution >= 0.6 is 0 Å². The van der Waals surface area contributed by atoms with E-state index in [0.29, 0.717) is 11.4 Å². The molecule has 1 aromatic carbocycles. The highest BCUT2D eigenvalue weighted by Crippen LogP contribution is 2.18. The largest absolute Gasteiger partial charge is 0.479 e. The van der Waals surface area contributed by atoms with E-state index in [9.17, 15) is 9.90 Å². The highest BCUT2D eigenvalue weighted by molar-refractivity contribution is 5.74. The minimum absolute atomic E-state index is 0.331. The first-order valence-electron chi connectivity index (χ1n) is 4.96. The molecule has 5 heteroatoms. The van der Waals surface area contributed by atoms with Crippen LogP contribution in [-0.2, 0) is 4.79 Å². The number of carboxylic acids is 1. The van der Waals surface area contributed by atoms with Crippen molar-refractivity contribution in [1.29, 1.82) is 0 Å². The molecule has 0 radical (unpaired) electrons. The Balaban J connectivity index is 2.28. The SMILES string of the molecule is O=C(O)C(O)c1ccc(-c2ncccn2)cc1. The smallest absolute Gasteiger partial charge is 0.337 e. The van der Waals surface area contributed by atoms with Crippen LogP contribution in [0.1, 0.15) is 11.7 Å². The molecule has 1 heterocycles. The number of hydrogen-bond acceptors (Lipinski definition) is 4. The molecule has 1 atom stereocenters. The van der Waals surface area contributed by atoms with Crippen molar-refractivity contribution < 1.29 is 15.0 Å². The van der Waals surface area contributed by atoms with Crippen LogP contribution in [-0.4, -0.2) is 26.2 Å². The van der Waals surface area contributed by atoms with Gasteiger partial charge in [0.25, 0.3) is 0 Å². The summed E-state index contributed by atoms with van der Waals surface area (Å²) in [6, 6.07) is 8.16. The highest BCUT2D eigenvalue weighted by atomic mass is 16.4. The topological polar surface area (TPSA) is 83.3 Å². The van der Waals surface area contributed by atoms with Gasteiger partial charge in [-0.2, -0.15) is 0 Å². The molecule has 0 fully saturated rings. The number of hydrogen-bond donors (Lipinski definition) is 2. The van der Waals surface area contributed by atoms with Gasteiger partial charge >= 0.3 is 5.97 Å². The van der Waals surface area contributed by atoms with Gasteiger partial charge in [-0.05, 0) is 11.6 Å². The zero-order chi connectivity index (χ0) is 12.3. The third-order valence-electron chi connectivity index (χ3n) is 2.28. The number of aliphatic carboxylic acids is 1. The first-order chi connectivity index (χ1) is 8.18. The van der Waals surface area contributed by atoms with Crippen molar-refractivity contribution in [3.05, 3.63) is 48.3 Å². The molecule has 0 aliphatic carbocycles. The van der Waals surface area contributed by atoms with Gasteiger partial charge in [-0.1, -0.05) is 24.3 Å². The normalized spacial score (nSPS) is 12.1. The Morgan fingerprint density at radius 1 is 1.12 bits per heavy atom. The lowest BCUT2D eigenvalue weighted by Crippen LogP contribution is -2.10. The molecule has 1 aromatic heterocycles. The fraction of sp³-hybridized carbons (Fsp3) is 0.0833.